The number of carbonyl (C=O) groups is 1. The number of anilines is 2. The first kappa shape index (κ1) is 18.6. The third-order valence-corrected chi connectivity index (χ3v) is 4.47. The fourth-order valence-corrected chi connectivity index (χ4v) is 3.01. The van der Waals surface area contributed by atoms with Crippen LogP contribution in [-0.2, 0) is 4.79 Å². The Morgan fingerprint density at radius 2 is 1.93 bits per heavy atom. The number of rotatable bonds is 6. The van der Waals surface area contributed by atoms with Crippen LogP contribution >= 0.6 is 0 Å². The highest BCUT2D eigenvalue weighted by Crippen LogP contribution is 2.25. The minimum absolute atomic E-state index is 0.0268. The molecule has 0 saturated carbocycles. The van der Waals surface area contributed by atoms with Crippen molar-refractivity contribution < 1.29 is 9.72 Å². The van der Waals surface area contributed by atoms with Gasteiger partial charge in [-0.1, -0.05) is 6.07 Å². The lowest BCUT2D eigenvalue weighted by Crippen LogP contribution is -2.49. The predicted molar refractivity (Wildman–Crippen MR) is 102 cm³/mol. The van der Waals surface area contributed by atoms with E-state index in [0.717, 1.165) is 5.56 Å². The summed E-state index contributed by atoms with van der Waals surface area (Å²) in [4.78, 5) is 35.5. The van der Waals surface area contributed by atoms with Crippen LogP contribution in [0.5, 0.6) is 0 Å². The summed E-state index contributed by atoms with van der Waals surface area (Å²) in [5.41, 5.74) is 1.28. The van der Waals surface area contributed by atoms with Crippen LogP contribution in [0.25, 0.3) is 0 Å². The van der Waals surface area contributed by atoms with Gasteiger partial charge in [0.15, 0.2) is 0 Å². The molecule has 1 fully saturated rings. The molecule has 1 aliphatic rings. The zero-order chi connectivity index (χ0) is 19.2. The first-order chi connectivity index (χ1) is 13.0. The first-order valence-electron chi connectivity index (χ1n) is 8.83. The van der Waals surface area contributed by atoms with Crippen molar-refractivity contribution in [2.45, 2.75) is 13.3 Å². The average Bonchev–Trinajstić information content (AvgIpc) is 2.69. The summed E-state index contributed by atoms with van der Waals surface area (Å²) in [6.45, 7) is 4.76. The number of aromatic nitrogens is 2. The summed E-state index contributed by atoms with van der Waals surface area (Å²) in [6.07, 6.45) is 3.69. The van der Waals surface area contributed by atoms with E-state index >= 15 is 0 Å². The van der Waals surface area contributed by atoms with Gasteiger partial charge in [-0.05, 0) is 24.6 Å². The number of nitro groups is 1. The van der Waals surface area contributed by atoms with E-state index in [1.54, 1.807) is 31.5 Å². The Balaban J connectivity index is 1.48. The number of carbonyl (C=O) groups excluding carboxylic acids is 1. The molecule has 1 aliphatic heterocycles. The van der Waals surface area contributed by atoms with Crippen molar-refractivity contribution in [1.82, 2.24) is 14.9 Å². The van der Waals surface area contributed by atoms with E-state index in [2.05, 4.69) is 20.2 Å². The van der Waals surface area contributed by atoms with E-state index in [-0.39, 0.29) is 18.0 Å². The van der Waals surface area contributed by atoms with Gasteiger partial charge in [0, 0.05) is 57.6 Å². The molecule has 142 valence electrons. The van der Waals surface area contributed by atoms with Gasteiger partial charge in [0.25, 0.3) is 5.69 Å². The smallest absolute Gasteiger partial charge is 0.292 e. The predicted octanol–water partition coefficient (Wildman–Crippen LogP) is 1.84. The van der Waals surface area contributed by atoms with Crippen molar-refractivity contribution in [2.24, 2.45) is 0 Å². The van der Waals surface area contributed by atoms with Crippen LogP contribution in [-0.4, -0.2) is 58.4 Å². The van der Waals surface area contributed by atoms with E-state index in [0.29, 0.717) is 44.4 Å². The maximum atomic E-state index is 12.4. The third-order valence-electron chi connectivity index (χ3n) is 4.47. The second-order valence-corrected chi connectivity index (χ2v) is 6.37. The van der Waals surface area contributed by atoms with Crippen LogP contribution in [0, 0.1) is 17.0 Å². The molecule has 0 spiro atoms. The van der Waals surface area contributed by atoms with Gasteiger partial charge >= 0.3 is 0 Å². The third kappa shape index (κ3) is 4.69. The van der Waals surface area contributed by atoms with Crippen LogP contribution < -0.4 is 10.2 Å². The molecule has 1 aromatic heterocycles. The van der Waals surface area contributed by atoms with Gasteiger partial charge < -0.3 is 15.1 Å². The molecule has 1 aromatic carbocycles. The summed E-state index contributed by atoms with van der Waals surface area (Å²) in [7, 11) is 0. The molecule has 9 heteroatoms. The summed E-state index contributed by atoms with van der Waals surface area (Å²) >= 11 is 0. The van der Waals surface area contributed by atoms with Crippen molar-refractivity contribution in [3.8, 4) is 0 Å². The molecule has 0 aliphatic carbocycles. The highest BCUT2D eigenvalue weighted by molar-refractivity contribution is 5.77. The molecule has 0 atom stereocenters. The minimum Gasteiger partial charge on any atom is -0.379 e. The number of amides is 1. The van der Waals surface area contributed by atoms with Crippen LogP contribution in [0.2, 0.25) is 0 Å². The molecular formula is C18H22N6O3. The zero-order valence-electron chi connectivity index (χ0n) is 15.2. The topological polar surface area (TPSA) is 104 Å². The minimum atomic E-state index is -0.415. The Morgan fingerprint density at radius 1 is 1.22 bits per heavy atom. The summed E-state index contributed by atoms with van der Waals surface area (Å²) in [6, 6.07) is 6.78. The maximum absolute atomic E-state index is 12.4. The standard InChI is InChI=1S/C18H22N6O3/c1-14-3-4-15(16(13-14)24(26)27)19-8-5-17(25)22-9-11-23(12-10-22)18-20-6-2-7-21-18/h2-4,6-7,13,19H,5,8-12H2,1H3. The zero-order valence-corrected chi connectivity index (χ0v) is 15.2. The average molecular weight is 370 g/mol. The normalized spacial score (nSPS) is 14.1. The fraction of sp³-hybridized carbons (Fsp3) is 0.389. The SMILES string of the molecule is Cc1ccc(NCCC(=O)N2CCN(c3ncccn3)CC2)c([N+](=O)[O-])c1. The van der Waals surface area contributed by atoms with Gasteiger partial charge in [-0.3, -0.25) is 14.9 Å². The van der Waals surface area contributed by atoms with Gasteiger partial charge in [0.2, 0.25) is 11.9 Å². The van der Waals surface area contributed by atoms with Crippen LogP contribution in [0.4, 0.5) is 17.3 Å². The van der Waals surface area contributed by atoms with E-state index < -0.39 is 4.92 Å². The van der Waals surface area contributed by atoms with Gasteiger partial charge in [0.05, 0.1) is 4.92 Å². The number of nitrogens with one attached hydrogen (secondary N) is 1. The van der Waals surface area contributed by atoms with E-state index in [1.165, 1.54) is 6.07 Å². The number of nitro benzene ring substituents is 1. The molecule has 2 aromatic rings. The quantitative estimate of drug-likeness (QED) is 0.611. The van der Waals surface area contributed by atoms with Crippen molar-refractivity contribution in [2.75, 3.05) is 42.9 Å². The van der Waals surface area contributed by atoms with Crippen LogP contribution in [0.15, 0.2) is 36.7 Å². The van der Waals surface area contributed by atoms with Gasteiger partial charge in [-0.2, -0.15) is 0 Å². The molecular weight excluding hydrogens is 348 g/mol. The lowest BCUT2D eigenvalue weighted by molar-refractivity contribution is -0.384. The molecule has 0 unspecified atom stereocenters. The largest absolute Gasteiger partial charge is 0.379 e. The van der Waals surface area contributed by atoms with Crippen molar-refractivity contribution in [3.63, 3.8) is 0 Å². The van der Waals surface area contributed by atoms with E-state index in [9.17, 15) is 14.9 Å². The fourth-order valence-electron chi connectivity index (χ4n) is 3.01. The monoisotopic (exact) mass is 370 g/mol. The number of piperazine rings is 1. The van der Waals surface area contributed by atoms with Crippen LogP contribution in [0.3, 0.4) is 0 Å². The molecule has 9 nitrogen and oxygen atoms in total. The molecule has 1 N–H and O–H groups in total. The molecule has 3 rings (SSSR count). The van der Waals surface area contributed by atoms with Gasteiger partial charge in [-0.25, -0.2) is 9.97 Å². The summed E-state index contributed by atoms with van der Waals surface area (Å²) in [5, 5.41) is 14.1. The van der Waals surface area contributed by atoms with E-state index in [1.807, 2.05) is 11.0 Å². The molecule has 1 saturated heterocycles. The number of aryl methyl sites for hydroxylation is 1. The first-order valence-corrected chi connectivity index (χ1v) is 8.83. The van der Waals surface area contributed by atoms with Gasteiger partial charge in [-0.15, -0.1) is 0 Å². The Bertz CT molecular complexity index is 806. The van der Waals surface area contributed by atoms with Gasteiger partial charge in [0.1, 0.15) is 5.69 Å². The highest BCUT2D eigenvalue weighted by Gasteiger charge is 2.22. The Hall–Kier alpha value is -3.23. The van der Waals surface area contributed by atoms with Crippen LogP contribution in [0.1, 0.15) is 12.0 Å². The molecule has 1 amide bonds. The second-order valence-electron chi connectivity index (χ2n) is 6.37. The second kappa shape index (κ2) is 8.43. The lowest BCUT2D eigenvalue weighted by atomic mass is 10.2. The number of benzene rings is 1. The number of nitrogens with zero attached hydrogens (tertiary/aromatic N) is 5. The van der Waals surface area contributed by atoms with E-state index in [4.69, 9.17) is 0 Å². The Labute approximate surface area is 157 Å². The number of hydrogen-bond donors (Lipinski definition) is 1. The van der Waals surface area contributed by atoms with Crippen molar-refractivity contribution >= 4 is 23.2 Å². The molecule has 0 bridgehead atoms. The summed E-state index contributed by atoms with van der Waals surface area (Å²) in [5.74, 6) is 0.712. The molecule has 27 heavy (non-hydrogen) atoms. The van der Waals surface area contributed by atoms with Crippen molar-refractivity contribution in [3.05, 3.63) is 52.3 Å². The summed E-state index contributed by atoms with van der Waals surface area (Å²) < 4.78 is 0. The molecule has 2 heterocycles. The highest BCUT2D eigenvalue weighted by atomic mass is 16.6. The van der Waals surface area contributed by atoms with Crippen molar-refractivity contribution in [1.29, 1.82) is 0 Å². The lowest BCUT2D eigenvalue weighted by Gasteiger charge is -2.34. The maximum Gasteiger partial charge on any atom is 0.292 e. The number of hydrogen-bond acceptors (Lipinski definition) is 7. The molecule has 0 radical (unpaired) electrons. The Kier molecular flexibility index (Phi) is 5.80. The Morgan fingerprint density at radius 3 is 2.59 bits per heavy atom.